The zero-order valence-electron chi connectivity index (χ0n) is 11.5. The van der Waals surface area contributed by atoms with Gasteiger partial charge in [0.15, 0.2) is 0 Å². The first-order valence-corrected chi connectivity index (χ1v) is 6.69. The molecule has 0 aromatic heterocycles. The van der Waals surface area contributed by atoms with Crippen molar-refractivity contribution in [1.29, 1.82) is 0 Å². The van der Waals surface area contributed by atoms with Crippen molar-refractivity contribution in [3.8, 4) is 0 Å². The van der Waals surface area contributed by atoms with Crippen LogP contribution in [0.5, 0.6) is 0 Å². The van der Waals surface area contributed by atoms with Crippen molar-refractivity contribution in [3.63, 3.8) is 0 Å². The van der Waals surface area contributed by atoms with Gasteiger partial charge in [0.25, 0.3) is 5.91 Å². The summed E-state index contributed by atoms with van der Waals surface area (Å²) in [7, 11) is 0. The third kappa shape index (κ3) is 6.17. The smallest absolute Gasteiger partial charge is 0.314 e. The van der Waals surface area contributed by atoms with E-state index in [1.165, 1.54) is 24.3 Å². The Bertz CT molecular complexity index is 435. The number of carbonyl (C=O) groups is 2. The predicted molar refractivity (Wildman–Crippen MR) is 75.0 cm³/mol. The zero-order chi connectivity index (χ0) is 14.8. The van der Waals surface area contributed by atoms with Gasteiger partial charge in [0, 0.05) is 25.2 Å². The summed E-state index contributed by atoms with van der Waals surface area (Å²) < 4.78 is 12.7. The fourth-order valence-corrected chi connectivity index (χ4v) is 1.50. The van der Waals surface area contributed by atoms with Crippen LogP contribution in [-0.2, 0) is 0 Å². The summed E-state index contributed by atoms with van der Waals surface area (Å²) in [6.45, 7) is 3.34. The predicted octanol–water partition coefficient (Wildman–Crippen LogP) is 1.65. The minimum absolute atomic E-state index is 0.241. The Labute approximate surface area is 117 Å². The minimum Gasteiger partial charge on any atom is -0.350 e. The summed E-state index contributed by atoms with van der Waals surface area (Å²) >= 11 is 0. The molecule has 5 nitrogen and oxygen atoms in total. The van der Waals surface area contributed by atoms with E-state index in [0.29, 0.717) is 25.2 Å². The maximum absolute atomic E-state index is 12.7. The third-order valence-corrected chi connectivity index (χ3v) is 2.62. The molecule has 0 saturated carbocycles. The lowest BCUT2D eigenvalue weighted by Crippen LogP contribution is -2.40. The highest BCUT2D eigenvalue weighted by molar-refractivity contribution is 5.94. The van der Waals surface area contributed by atoms with E-state index in [0.717, 1.165) is 12.8 Å². The molecule has 1 rings (SSSR count). The summed E-state index contributed by atoms with van der Waals surface area (Å²) in [6, 6.07) is 5.04. The van der Waals surface area contributed by atoms with Crippen LogP contribution in [0.4, 0.5) is 9.18 Å². The molecule has 110 valence electrons. The summed E-state index contributed by atoms with van der Waals surface area (Å²) in [4.78, 5) is 22.9. The van der Waals surface area contributed by atoms with Crippen molar-refractivity contribution < 1.29 is 14.0 Å². The van der Waals surface area contributed by atoms with Crippen LogP contribution in [-0.4, -0.2) is 31.6 Å². The quantitative estimate of drug-likeness (QED) is 0.665. The number of rotatable bonds is 7. The average molecular weight is 281 g/mol. The van der Waals surface area contributed by atoms with Crippen molar-refractivity contribution >= 4 is 11.9 Å². The Morgan fingerprint density at radius 3 is 2.25 bits per heavy atom. The standard InChI is InChI=1S/C14H20FN3O2/c1-2-3-8-17-14(20)18-10-9-16-13(19)11-4-6-12(15)7-5-11/h4-7H,2-3,8-10H2,1H3,(H,16,19)(H2,17,18,20). The van der Waals surface area contributed by atoms with Crippen LogP contribution in [0.2, 0.25) is 0 Å². The molecule has 1 aromatic rings. The third-order valence-electron chi connectivity index (χ3n) is 2.62. The van der Waals surface area contributed by atoms with Crippen molar-refractivity contribution in [3.05, 3.63) is 35.6 Å². The topological polar surface area (TPSA) is 70.2 Å². The Morgan fingerprint density at radius 2 is 1.60 bits per heavy atom. The molecular weight excluding hydrogens is 261 g/mol. The fourth-order valence-electron chi connectivity index (χ4n) is 1.50. The van der Waals surface area contributed by atoms with Gasteiger partial charge < -0.3 is 16.0 Å². The highest BCUT2D eigenvalue weighted by atomic mass is 19.1. The van der Waals surface area contributed by atoms with Crippen molar-refractivity contribution in [2.24, 2.45) is 0 Å². The average Bonchev–Trinajstić information content (AvgIpc) is 2.44. The molecule has 0 unspecified atom stereocenters. The maximum atomic E-state index is 12.7. The van der Waals surface area contributed by atoms with Gasteiger partial charge in [0.05, 0.1) is 0 Å². The van der Waals surface area contributed by atoms with Crippen LogP contribution in [0.25, 0.3) is 0 Å². The fraction of sp³-hybridized carbons (Fsp3) is 0.429. The van der Waals surface area contributed by atoms with Gasteiger partial charge >= 0.3 is 6.03 Å². The molecule has 0 atom stereocenters. The number of amides is 3. The second kappa shape index (κ2) is 8.90. The van der Waals surface area contributed by atoms with Gasteiger partial charge in [0.1, 0.15) is 5.82 Å². The van der Waals surface area contributed by atoms with Crippen molar-refractivity contribution in [2.45, 2.75) is 19.8 Å². The number of benzene rings is 1. The SMILES string of the molecule is CCCCNC(=O)NCCNC(=O)c1ccc(F)cc1. The molecule has 0 radical (unpaired) electrons. The molecule has 0 saturated heterocycles. The van der Waals surface area contributed by atoms with Gasteiger partial charge in [-0.15, -0.1) is 0 Å². The lowest BCUT2D eigenvalue weighted by molar-refractivity contribution is 0.0954. The molecular formula is C14H20FN3O2. The second-order valence-electron chi connectivity index (χ2n) is 4.30. The lowest BCUT2D eigenvalue weighted by Gasteiger charge is -2.08. The highest BCUT2D eigenvalue weighted by Crippen LogP contribution is 2.01. The molecule has 6 heteroatoms. The largest absolute Gasteiger partial charge is 0.350 e. The molecule has 0 aliphatic heterocycles. The highest BCUT2D eigenvalue weighted by Gasteiger charge is 2.04. The normalized spacial score (nSPS) is 9.90. The Kier molecular flexibility index (Phi) is 7.10. The maximum Gasteiger partial charge on any atom is 0.314 e. The van der Waals surface area contributed by atoms with E-state index in [1.54, 1.807) is 0 Å². The lowest BCUT2D eigenvalue weighted by atomic mass is 10.2. The van der Waals surface area contributed by atoms with Gasteiger partial charge in [-0.3, -0.25) is 4.79 Å². The first kappa shape index (κ1) is 15.9. The second-order valence-corrected chi connectivity index (χ2v) is 4.30. The number of carbonyl (C=O) groups excluding carboxylic acids is 2. The van der Waals surface area contributed by atoms with Crippen LogP contribution in [0, 0.1) is 5.82 Å². The molecule has 0 aliphatic carbocycles. The minimum atomic E-state index is -0.382. The van der Waals surface area contributed by atoms with E-state index in [9.17, 15) is 14.0 Å². The Balaban J connectivity index is 2.16. The van der Waals surface area contributed by atoms with E-state index in [1.807, 2.05) is 6.92 Å². The molecule has 20 heavy (non-hydrogen) atoms. The van der Waals surface area contributed by atoms with Crippen molar-refractivity contribution in [2.75, 3.05) is 19.6 Å². The molecule has 0 bridgehead atoms. The molecule has 0 fully saturated rings. The van der Waals surface area contributed by atoms with Gasteiger partial charge in [-0.05, 0) is 30.7 Å². The van der Waals surface area contributed by atoms with Crippen LogP contribution >= 0.6 is 0 Å². The molecule has 0 spiro atoms. The van der Waals surface area contributed by atoms with Gasteiger partial charge in [0.2, 0.25) is 0 Å². The van der Waals surface area contributed by atoms with Crippen molar-refractivity contribution in [1.82, 2.24) is 16.0 Å². The monoisotopic (exact) mass is 281 g/mol. The number of hydrogen-bond donors (Lipinski definition) is 3. The molecule has 3 N–H and O–H groups in total. The first-order chi connectivity index (χ1) is 9.63. The zero-order valence-corrected chi connectivity index (χ0v) is 11.5. The van der Waals surface area contributed by atoms with E-state index >= 15 is 0 Å². The van der Waals surface area contributed by atoms with Crippen LogP contribution < -0.4 is 16.0 Å². The Morgan fingerprint density at radius 1 is 1.00 bits per heavy atom. The Hall–Kier alpha value is -2.11. The van der Waals surface area contributed by atoms with Gasteiger partial charge in [-0.2, -0.15) is 0 Å². The van der Waals surface area contributed by atoms with Gasteiger partial charge in [-0.25, -0.2) is 9.18 Å². The molecule has 0 aliphatic rings. The first-order valence-electron chi connectivity index (χ1n) is 6.69. The number of urea groups is 1. The van der Waals surface area contributed by atoms with E-state index in [-0.39, 0.29) is 17.8 Å². The van der Waals surface area contributed by atoms with E-state index in [4.69, 9.17) is 0 Å². The van der Waals surface area contributed by atoms with E-state index < -0.39 is 0 Å². The van der Waals surface area contributed by atoms with Crippen LogP contribution in [0.3, 0.4) is 0 Å². The van der Waals surface area contributed by atoms with E-state index in [2.05, 4.69) is 16.0 Å². The molecule has 3 amide bonds. The number of hydrogen-bond acceptors (Lipinski definition) is 2. The number of halogens is 1. The van der Waals surface area contributed by atoms with Crippen LogP contribution in [0.15, 0.2) is 24.3 Å². The number of nitrogens with one attached hydrogen (secondary N) is 3. The summed E-state index contributed by atoms with van der Waals surface area (Å²) in [5, 5.41) is 7.98. The van der Waals surface area contributed by atoms with Crippen LogP contribution in [0.1, 0.15) is 30.1 Å². The molecule has 0 heterocycles. The summed E-state index contributed by atoms with van der Waals surface area (Å²) in [6.07, 6.45) is 1.96. The molecule has 1 aromatic carbocycles. The summed E-state index contributed by atoms with van der Waals surface area (Å²) in [5.41, 5.74) is 0.388. The summed E-state index contributed by atoms with van der Waals surface area (Å²) in [5.74, 6) is -0.676. The van der Waals surface area contributed by atoms with Gasteiger partial charge in [-0.1, -0.05) is 13.3 Å². The number of unbranched alkanes of at least 4 members (excludes halogenated alkanes) is 1.